The standard InChI is InChI=1S/C9H5Cl2F3O2/c10-6-2-4(7(11)8(15)16)1-5(3-6)9(12,13)14/h1-3,7H,(H,15,16). The van der Waals surface area contributed by atoms with Crippen LogP contribution in [-0.2, 0) is 11.0 Å². The maximum absolute atomic E-state index is 12.4. The van der Waals surface area contributed by atoms with E-state index in [9.17, 15) is 18.0 Å². The molecule has 88 valence electrons. The number of hydrogen-bond donors (Lipinski definition) is 1. The summed E-state index contributed by atoms with van der Waals surface area (Å²) >= 11 is 10.9. The van der Waals surface area contributed by atoms with Crippen LogP contribution in [0.15, 0.2) is 18.2 Å². The molecule has 1 N–H and O–H groups in total. The van der Waals surface area contributed by atoms with Crippen molar-refractivity contribution < 1.29 is 23.1 Å². The Balaban J connectivity index is 3.23. The fraction of sp³-hybridized carbons (Fsp3) is 0.222. The molecule has 1 aromatic rings. The number of alkyl halides is 4. The first-order chi connectivity index (χ1) is 7.21. The summed E-state index contributed by atoms with van der Waals surface area (Å²) in [4.78, 5) is 10.5. The number of halogens is 5. The molecule has 1 unspecified atom stereocenters. The van der Waals surface area contributed by atoms with Crippen molar-refractivity contribution in [2.24, 2.45) is 0 Å². The van der Waals surface area contributed by atoms with E-state index < -0.39 is 23.1 Å². The fourth-order valence-electron chi connectivity index (χ4n) is 1.06. The molecule has 0 aliphatic heterocycles. The van der Waals surface area contributed by atoms with Crippen molar-refractivity contribution in [1.82, 2.24) is 0 Å². The number of carbonyl (C=O) groups is 1. The molecular formula is C9H5Cl2F3O2. The maximum atomic E-state index is 12.4. The summed E-state index contributed by atoms with van der Waals surface area (Å²) in [5.74, 6) is -1.43. The van der Waals surface area contributed by atoms with Gasteiger partial charge in [0.2, 0.25) is 0 Å². The van der Waals surface area contributed by atoms with E-state index in [0.717, 1.165) is 6.07 Å². The Morgan fingerprint density at radius 2 is 1.88 bits per heavy atom. The van der Waals surface area contributed by atoms with Gasteiger partial charge in [0, 0.05) is 5.02 Å². The van der Waals surface area contributed by atoms with Crippen molar-refractivity contribution in [2.75, 3.05) is 0 Å². The SMILES string of the molecule is O=C(O)C(Cl)c1cc(Cl)cc(C(F)(F)F)c1. The Morgan fingerprint density at radius 3 is 2.31 bits per heavy atom. The Kier molecular flexibility index (Phi) is 3.70. The molecule has 0 aliphatic carbocycles. The second kappa shape index (κ2) is 4.51. The van der Waals surface area contributed by atoms with Crippen LogP contribution in [0, 0.1) is 0 Å². The van der Waals surface area contributed by atoms with E-state index in [4.69, 9.17) is 28.3 Å². The lowest BCUT2D eigenvalue weighted by Crippen LogP contribution is -2.09. The van der Waals surface area contributed by atoms with Crippen LogP contribution in [0.3, 0.4) is 0 Å². The van der Waals surface area contributed by atoms with Crippen molar-refractivity contribution >= 4 is 29.2 Å². The molecule has 0 saturated carbocycles. The molecule has 0 aliphatic rings. The molecule has 2 nitrogen and oxygen atoms in total. The first-order valence-electron chi connectivity index (χ1n) is 3.96. The number of carboxylic acid groups (broad SMARTS) is 1. The topological polar surface area (TPSA) is 37.3 Å². The zero-order chi connectivity index (χ0) is 12.5. The van der Waals surface area contributed by atoms with Gasteiger partial charge in [-0.15, -0.1) is 11.6 Å². The second-order valence-corrected chi connectivity index (χ2v) is 3.84. The largest absolute Gasteiger partial charge is 0.480 e. The zero-order valence-corrected chi connectivity index (χ0v) is 9.07. The van der Waals surface area contributed by atoms with Gasteiger partial charge < -0.3 is 5.11 Å². The van der Waals surface area contributed by atoms with Crippen molar-refractivity contribution in [3.8, 4) is 0 Å². The van der Waals surface area contributed by atoms with Gasteiger partial charge in [-0.3, -0.25) is 4.79 Å². The Hall–Kier alpha value is -0.940. The summed E-state index contributed by atoms with van der Waals surface area (Å²) in [6.45, 7) is 0. The molecule has 0 heterocycles. The van der Waals surface area contributed by atoms with Gasteiger partial charge in [0.05, 0.1) is 5.56 Å². The third kappa shape index (κ3) is 3.02. The normalized spacial score (nSPS) is 13.6. The molecule has 0 aromatic heterocycles. The Labute approximate surface area is 98.6 Å². The molecule has 0 bridgehead atoms. The number of hydrogen-bond acceptors (Lipinski definition) is 1. The van der Waals surface area contributed by atoms with Crippen LogP contribution in [0.5, 0.6) is 0 Å². The van der Waals surface area contributed by atoms with Crippen molar-refractivity contribution in [3.05, 3.63) is 34.3 Å². The van der Waals surface area contributed by atoms with Crippen molar-refractivity contribution in [3.63, 3.8) is 0 Å². The summed E-state index contributed by atoms with van der Waals surface area (Å²) in [5.41, 5.74) is -1.23. The molecule has 0 fully saturated rings. The number of carboxylic acids is 1. The molecular weight excluding hydrogens is 268 g/mol. The van der Waals surface area contributed by atoms with E-state index in [1.54, 1.807) is 0 Å². The van der Waals surface area contributed by atoms with E-state index in [1.165, 1.54) is 0 Å². The van der Waals surface area contributed by atoms with Gasteiger partial charge in [0.1, 0.15) is 0 Å². The van der Waals surface area contributed by atoms with Crippen LogP contribution in [0.25, 0.3) is 0 Å². The van der Waals surface area contributed by atoms with Crippen molar-refractivity contribution in [1.29, 1.82) is 0 Å². The molecule has 0 radical (unpaired) electrons. The van der Waals surface area contributed by atoms with Gasteiger partial charge in [-0.2, -0.15) is 13.2 Å². The molecule has 0 amide bonds. The number of rotatable bonds is 2. The highest BCUT2D eigenvalue weighted by Gasteiger charge is 2.32. The summed E-state index contributed by atoms with van der Waals surface area (Å²) in [6, 6.07) is 2.46. The van der Waals surface area contributed by atoms with E-state index in [1.807, 2.05) is 0 Å². The smallest absolute Gasteiger partial charge is 0.416 e. The highest BCUT2D eigenvalue weighted by atomic mass is 35.5. The molecule has 1 rings (SSSR count). The molecule has 0 spiro atoms. The summed E-state index contributed by atoms with van der Waals surface area (Å²) < 4.78 is 37.1. The molecule has 1 aromatic carbocycles. The van der Waals surface area contributed by atoms with Crippen LogP contribution in [0.4, 0.5) is 13.2 Å². The van der Waals surface area contributed by atoms with E-state index in [0.29, 0.717) is 12.1 Å². The lowest BCUT2D eigenvalue weighted by atomic mass is 10.1. The van der Waals surface area contributed by atoms with E-state index >= 15 is 0 Å². The summed E-state index contributed by atoms with van der Waals surface area (Å²) in [5, 5.41) is 6.80. The molecule has 7 heteroatoms. The quantitative estimate of drug-likeness (QED) is 0.834. The van der Waals surface area contributed by atoms with Gasteiger partial charge in [-0.1, -0.05) is 11.6 Å². The molecule has 1 atom stereocenters. The number of aliphatic carboxylic acids is 1. The fourth-order valence-corrected chi connectivity index (χ4v) is 1.43. The van der Waals surface area contributed by atoms with Gasteiger partial charge in [0.25, 0.3) is 0 Å². The third-order valence-corrected chi connectivity index (χ3v) is 2.41. The van der Waals surface area contributed by atoms with E-state index in [2.05, 4.69) is 0 Å². The lowest BCUT2D eigenvalue weighted by molar-refractivity contribution is -0.139. The minimum Gasteiger partial charge on any atom is -0.480 e. The Bertz CT molecular complexity index is 418. The third-order valence-electron chi connectivity index (χ3n) is 1.76. The lowest BCUT2D eigenvalue weighted by Gasteiger charge is -2.11. The highest BCUT2D eigenvalue weighted by Crippen LogP contribution is 2.34. The zero-order valence-electron chi connectivity index (χ0n) is 7.55. The second-order valence-electron chi connectivity index (χ2n) is 2.97. The average Bonchev–Trinajstić information content (AvgIpc) is 2.14. The van der Waals surface area contributed by atoms with Gasteiger partial charge in [-0.25, -0.2) is 0 Å². The highest BCUT2D eigenvalue weighted by molar-refractivity contribution is 6.32. The summed E-state index contributed by atoms with van der Waals surface area (Å²) in [7, 11) is 0. The van der Waals surface area contributed by atoms with Gasteiger partial charge >= 0.3 is 12.1 Å². The monoisotopic (exact) mass is 272 g/mol. The first kappa shape index (κ1) is 13.1. The average molecular weight is 273 g/mol. The maximum Gasteiger partial charge on any atom is 0.416 e. The minimum atomic E-state index is -4.59. The Morgan fingerprint density at radius 1 is 1.31 bits per heavy atom. The first-order valence-corrected chi connectivity index (χ1v) is 4.78. The molecule has 0 saturated heterocycles. The predicted molar refractivity (Wildman–Crippen MR) is 52.7 cm³/mol. The van der Waals surface area contributed by atoms with Crippen LogP contribution in [0.1, 0.15) is 16.5 Å². The minimum absolute atomic E-state index is 0.200. The van der Waals surface area contributed by atoms with Crippen LogP contribution < -0.4 is 0 Å². The summed E-state index contributed by atoms with van der Waals surface area (Å²) in [6.07, 6.45) is -4.59. The van der Waals surface area contributed by atoms with E-state index in [-0.39, 0.29) is 10.6 Å². The van der Waals surface area contributed by atoms with Crippen LogP contribution in [-0.4, -0.2) is 11.1 Å². The van der Waals surface area contributed by atoms with Crippen LogP contribution >= 0.6 is 23.2 Å². The predicted octanol–water partition coefficient (Wildman–Crippen LogP) is 3.72. The van der Waals surface area contributed by atoms with Gasteiger partial charge in [-0.05, 0) is 23.8 Å². The molecule has 16 heavy (non-hydrogen) atoms. The van der Waals surface area contributed by atoms with Gasteiger partial charge in [0.15, 0.2) is 5.38 Å². The number of benzene rings is 1. The van der Waals surface area contributed by atoms with Crippen molar-refractivity contribution in [2.45, 2.75) is 11.6 Å². The van der Waals surface area contributed by atoms with Crippen LogP contribution in [0.2, 0.25) is 5.02 Å².